The third-order valence-corrected chi connectivity index (χ3v) is 7.99. The molecule has 33 heavy (non-hydrogen) atoms. The number of para-hydroxylation sites is 1. The zero-order valence-corrected chi connectivity index (χ0v) is 18.8. The third kappa shape index (κ3) is 2.85. The molecule has 4 radical (unpaired) electrons. The van der Waals surface area contributed by atoms with Gasteiger partial charge < -0.3 is 15.2 Å². The lowest BCUT2D eigenvalue weighted by atomic mass is 9.39. The Morgan fingerprint density at radius 3 is 2.39 bits per heavy atom. The fourth-order valence-electron chi connectivity index (χ4n) is 5.98. The molecule has 6 rings (SSSR count). The van der Waals surface area contributed by atoms with Crippen LogP contribution >= 0.6 is 0 Å². The highest BCUT2D eigenvalue weighted by molar-refractivity contribution is 6.41. The summed E-state index contributed by atoms with van der Waals surface area (Å²) in [5.41, 5.74) is 11.5. The average Bonchev–Trinajstić information content (AvgIpc) is 3.27. The molecule has 2 N–H and O–H groups in total. The minimum Gasteiger partial charge on any atom is -0.355 e. The van der Waals surface area contributed by atoms with Crippen LogP contribution in [0.2, 0.25) is 0 Å². The fraction of sp³-hybridized carbons (Fsp3) is 0.308. The first kappa shape index (κ1) is 20.5. The summed E-state index contributed by atoms with van der Waals surface area (Å²) in [5.74, 6) is 0.871. The number of nitrogens with zero attached hydrogens (tertiary/aromatic N) is 4. The van der Waals surface area contributed by atoms with E-state index in [1.165, 1.54) is 10.9 Å². The molecule has 2 aliphatic rings. The van der Waals surface area contributed by atoms with Crippen molar-refractivity contribution in [2.75, 3.05) is 18.0 Å². The van der Waals surface area contributed by atoms with Crippen molar-refractivity contribution in [1.82, 2.24) is 14.5 Å². The molecule has 4 aromatic rings. The van der Waals surface area contributed by atoms with Crippen molar-refractivity contribution in [1.29, 1.82) is 0 Å². The lowest BCUT2D eigenvalue weighted by Gasteiger charge is -2.51. The van der Waals surface area contributed by atoms with E-state index in [0.29, 0.717) is 0 Å². The number of nitrogens with two attached hydrogens (primary N) is 1. The van der Waals surface area contributed by atoms with Crippen LogP contribution in [0.3, 0.4) is 0 Å². The van der Waals surface area contributed by atoms with E-state index in [9.17, 15) is 0 Å². The van der Waals surface area contributed by atoms with E-state index in [0.717, 1.165) is 54.3 Å². The summed E-state index contributed by atoms with van der Waals surface area (Å²) in [5, 5.41) is 0.266. The maximum absolute atomic E-state index is 6.75. The van der Waals surface area contributed by atoms with Crippen LogP contribution in [-0.4, -0.2) is 43.3 Å². The van der Waals surface area contributed by atoms with E-state index in [1.54, 1.807) is 0 Å². The van der Waals surface area contributed by atoms with Crippen LogP contribution < -0.4 is 10.6 Å². The van der Waals surface area contributed by atoms with Crippen molar-refractivity contribution in [2.45, 2.75) is 24.1 Å². The Labute approximate surface area is 196 Å². The highest BCUT2D eigenvalue weighted by Crippen LogP contribution is 2.59. The molecule has 7 heteroatoms. The summed E-state index contributed by atoms with van der Waals surface area (Å²) in [4.78, 5) is 11.8. The maximum atomic E-state index is 6.75. The van der Waals surface area contributed by atoms with Crippen LogP contribution in [0.15, 0.2) is 67.0 Å². The quantitative estimate of drug-likeness (QED) is 0.497. The predicted molar refractivity (Wildman–Crippen MR) is 134 cm³/mol. The highest BCUT2D eigenvalue weighted by Gasteiger charge is 2.56. The van der Waals surface area contributed by atoms with Crippen molar-refractivity contribution in [3.8, 4) is 11.4 Å². The van der Waals surface area contributed by atoms with E-state index in [1.807, 2.05) is 30.6 Å². The number of aromatic nitrogens is 3. The summed E-state index contributed by atoms with van der Waals surface area (Å²) in [6.45, 7) is 1.58. The standard InChI is InChI=1S/C26H25B2N5/c1-32-21-9-5-2-6-17(21)14-22(32)20-15-31-23(16-30-20)33-12-10-25(11-13-33)24(29)18-7-3-4-8-19(18)26(25,27)28/h2-9,14-16,24H,10-13,29H2,1H3/t24-/m1/s1. The van der Waals surface area contributed by atoms with Crippen LogP contribution in [-0.2, 0) is 12.3 Å². The lowest BCUT2D eigenvalue weighted by Crippen LogP contribution is -2.54. The van der Waals surface area contributed by atoms with Gasteiger partial charge in [-0.25, -0.2) is 9.97 Å². The average molecular weight is 429 g/mol. The Bertz CT molecular complexity index is 1340. The van der Waals surface area contributed by atoms with Crippen molar-refractivity contribution < 1.29 is 0 Å². The number of anilines is 1. The van der Waals surface area contributed by atoms with Gasteiger partial charge in [0.15, 0.2) is 0 Å². The Kier molecular flexibility index (Phi) is 4.50. The zero-order chi connectivity index (χ0) is 22.8. The van der Waals surface area contributed by atoms with Gasteiger partial charge in [-0.15, -0.1) is 0 Å². The van der Waals surface area contributed by atoms with E-state index in [4.69, 9.17) is 31.4 Å². The van der Waals surface area contributed by atoms with Gasteiger partial charge in [0.2, 0.25) is 0 Å². The summed E-state index contributed by atoms with van der Waals surface area (Å²) >= 11 is 0. The SMILES string of the molecule is [B]C1([B])c2ccccc2[C@@H](N)C12CCN(c1cnc(-c3cc4ccccc4n3C)cn1)CC2. The van der Waals surface area contributed by atoms with Gasteiger partial charge in [-0.3, -0.25) is 0 Å². The van der Waals surface area contributed by atoms with E-state index < -0.39 is 5.21 Å². The van der Waals surface area contributed by atoms with E-state index in [-0.39, 0.29) is 11.5 Å². The third-order valence-electron chi connectivity index (χ3n) is 7.99. The number of hydrogen-bond acceptors (Lipinski definition) is 4. The smallest absolute Gasteiger partial charge is 0.147 e. The van der Waals surface area contributed by atoms with Gasteiger partial charge in [0.05, 0.1) is 33.8 Å². The van der Waals surface area contributed by atoms with Gasteiger partial charge in [-0.1, -0.05) is 53.2 Å². The Balaban J connectivity index is 1.24. The minimum atomic E-state index is -0.931. The molecule has 1 fully saturated rings. The molecule has 0 bridgehead atoms. The van der Waals surface area contributed by atoms with Crippen molar-refractivity contribution in [3.63, 3.8) is 0 Å². The molecule has 0 saturated carbocycles. The van der Waals surface area contributed by atoms with Crippen LogP contribution in [0.25, 0.3) is 22.3 Å². The first-order valence-corrected chi connectivity index (χ1v) is 11.5. The van der Waals surface area contributed by atoms with Crippen LogP contribution in [0.4, 0.5) is 5.82 Å². The fourth-order valence-corrected chi connectivity index (χ4v) is 5.98. The van der Waals surface area contributed by atoms with Gasteiger partial charge >= 0.3 is 0 Å². The molecule has 1 atom stereocenters. The Morgan fingerprint density at radius 1 is 0.970 bits per heavy atom. The van der Waals surface area contributed by atoms with Gasteiger partial charge in [0.25, 0.3) is 0 Å². The largest absolute Gasteiger partial charge is 0.355 e. The van der Waals surface area contributed by atoms with Gasteiger partial charge in [0, 0.05) is 37.1 Å². The summed E-state index contributed by atoms with van der Waals surface area (Å²) in [7, 11) is 15.6. The first-order chi connectivity index (χ1) is 15.9. The molecule has 0 unspecified atom stereocenters. The molecule has 2 aromatic heterocycles. The minimum absolute atomic E-state index is 0.161. The van der Waals surface area contributed by atoms with Crippen molar-refractivity contribution in [3.05, 3.63) is 78.1 Å². The van der Waals surface area contributed by atoms with Gasteiger partial charge in [-0.05, 0) is 36.0 Å². The van der Waals surface area contributed by atoms with Gasteiger partial charge in [-0.2, -0.15) is 0 Å². The van der Waals surface area contributed by atoms with Gasteiger partial charge in [0.1, 0.15) is 11.5 Å². The molecular formula is C26H25B2N5. The number of fused-ring (bicyclic) bond motifs is 2. The molecule has 1 aliphatic heterocycles. The molecule has 160 valence electrons. The second-order valence-corrected chi connectivity index (χ2v) is 9.48. The van der Waals surface area contributed by atoms with Crippen molar-refractivity contribution >= 4 is 32.4 Å². The Morgan fingerprint density at radius 2 is 1.70 bits per heavy atom. The number of hydrogen-bond donors (Lipinski definition) is 1. The summed E-state index contributed by atoms with van der Waals surface area (Å²) in [6.07, 6.45) is 5.35. The molecule has 1 aliphatic carbocycles. The number of piperidine rings is 1. The molecular weight excluding hydrogens is 404 g/mol. The molecule has 3 heterocycles. The number of benzene rings is 2. The second kappa shape index (κ2) is 7.22. The summed E-state index contributed by atoms with van der Waals surface area (Å²) < 4.78 is 2.16. The van der Waals surface area contributed by atoms with Crippen molar-refractivity contribution in [2.24, 2.45) is 18.2 Å². The normalized spacial score (nSPS) is 20.9. The molecule has 0 amide bonds. The number of aryl methyl sites for hydroxylation is 1. The van der Waals surface area contributed by atoms with Crippen LogP contribution in [0, 0.1) is 5.41 Å². The topological polar surface area (TPSA) is 60.0 Å². The molecule has 5 nitrogen and oxygen atoms in total. The summed E-state index contributed by atoms with van der Waals surface area (Å²) in [6, 6.07) is 18.4. The molecule has 1 spiro atoms. The Hall–Kier alpha value is -3.05. The molecule has 2 aromatic carbocycles. The second-order valence-electron chi connectivity index (χ2n) is 9.48. The highest BCUT2D eigenvalue weighted by atomic mass is 15.2. The van der Waals surface area contributed by atoms with E-state index in [2.05, 4.69) is 52.9 Å². The maximum Gasteiger partial charge on any atom is 0.147 e. The van der Waals surface area contributed by atoms with Crippen LogP contribution in [0.5, 0.6) is 0 Å². The molecule has 1 saturated heterocycles. The van der Waals surface area contributed by atoms with E-state index >= 15 is 0 Å². The monoisotopic (exact) mass is 429 g/mol. The number of rotatable bonds is 2. The zero-order valence-electron chi connectivity index (χ0n) is 18.8. The van der Waals surface area contributed by atoms with Crippen LogP contribution in [0.1, 0.15) is 30.0 Å². The first-order valence-electron chi connectivity index (χ1n) is 11.5. The predicted octanol–water partition coefficient (Wildman–Crippen LogP) is 3.43. The lowest BCUT2D eigenvalue weighted by molar-refractivity contribution is 0.161.